The molecule has 0 aliphatic carbocycles. The summed E-state index contributed by atoms with van der Waals surface area (Å²) in [5.74, 6) is 0.367. The molecule has 8 heteroatoms. The molecule has 128 valence electrons. The molecule has 0 radical (unpaired) electrons. The fourth-order valence-electron chi connectivity index (χ4n) is 2.08. The van der Waals surface area contributed by atoms with Crippen molar-refractivity contribution in [3.63, 3.8) is 0 Å². The third-order valence-electron chi connectivity index (χ3n) is 3.25. The first kappa shape index (κ1) is 16.8. The lowest BCUT2D eigenvalue weighted by molar-refractivity contribution is 0.194. The molecule has 3 aromatic rings. The van der Waals surface area contributed by atoms with Gasteiger partial charge in [0.25, 0.3) is 0 Å². The van der Waals surface area contributed by atoms with Gasteiger partial charge in [-0.1, -0.05) is 23.5 Å². The first-order chi connectivity index (χ1) is 12.1. The largest absolute Gasteiger partial charge is 0.489 e. The SMILES string of the molecule is O=C(O)NCc1nnc(-c2ccc(OCc3cccc(F)c3)cc2)s1. The van der Waals surface area contributed by atoms with Crippen molar-refractivity contribution in [3.05, 3.63) is 64.9 Å². The van der Waals surface area contributed by atoms with Crippen LogP contribution in [0.5, 0.6) is 5.75 Å². The molecule has 0 spiro atoms. The minimum Gasteiger partial charge on any atom is -0.489 e. The molecule has 2 N–H and O–H groups in total. The van der Waals surface area contributed by atoms with E-state index >= 15 is 0 Å². The minimum absolute atomic E-state index is 0.127. The average Bonchev–Trinajstić information content (AvgIpc) is 3.08. The van der Waals surface area contributed by atoms with Crippen molar-refractivity contribution in [2.75, 3.05) is 0 Å². The summed E-state index contributed by atoms with van der Waals surface area (Å²) in [6.07, 6.45) is -1.10. The van der Waals surface area contributed by atoms with Crippen molar-refractivity contribution in [1.82, 2.24) is 15.5 Å². The highest BCUT2D eigenvalue weighted by molar-refractivity contribution is 7.14. The predicted molar refractivity (Wildman–Crippen MR) is 90.9 cm³/mol. The topological polar surface area (TPSA) is 84.3 Å². The number of aromatic nitrogens is 2. The van der Waals surface area contributed by atoms with Gasteiger partial charge in [0, 0.05) is 5.56 Å². The van der Waals surface area contributed by atoms with Crippen molar-refractivity contribution in [2.45, 2.75) is 13.2 Å². The van der Waals surface area contributed by atoms with E-state index in [9.17, 15) is 9.18 Å². The van der Waals surface area contributed by atoms with Crippen molar-refractivity contribution >= 4 is 17.4 Å². The Kier molecular flexibility index (Phi) is 5.20. The Labute approximate surface area is 146 Å². The van der Waals surface area contributed by atoms with Crippen molar-refractivity contribution in [2.24, 2.45) is 0 Å². The van der Waals surface area contributed by atoms with Crippen LogP contribution in [-0.4, -0.2) is 21.4 Å². The second kappa shape index (κ2) is 7.71. The third kappa shape index (κ3) is 4.74. The highest BCUT2D eigenvalue weighted by atomic mass is 32.1. The summed E-state index contributed by atoms with van der Waals surface area (Å²) < 4.78 is 18.8. The molecule has 0 bridgehead atoms. The van der Waals surface area contributed by atoms with Crippen LogP contribution in [0.15, 0.2) is 48.5 Å². The molecule has 2 aromatic carbocycles. The number of benzene rings is 2. The molecule has 0 aliphatic heterocycles. The van der Waals surface area contributed by atoms with Crippen molar-refractivity contribution < 1.29 is 19.0 Å². The van der Waals surface area contributed by atoms with Gasteiger partial charge in [0.05, 0.1) is 6.54 Å². The van der Waals surface area contributed by atoms with Gasteiger partial charge in [-0.25, -0.2) is 9.18 Å². The molecule has 0 fully saturated rings. The van der Waals surface area contributed by atoms with E-state index in [0.29, 0.717) is 15.8 Å². The fourth-order valence-corrected chi connectivity index (χ4v) is 2.86. The van der Waals surface area contributed by atoms with Crippen LogP contribution >= 0.6 is 11.3 Å². The van der Waals surface area contributed by atoms with Gasteiger partial charge in [0.15, 0.2) is 0 Å². The zero-order valence-electron chi connectivity index (χ0n) is 13.0. The number of carboxylic acid groups (broad SMARTS) is 1. The molecule has 0 saturated heterocycles. The summed E-state index contributed by atoms with van der Waals surface area (Å²) in [6.45, 7) is 0.406. The molecule has 1 aromatic heterocycles. The lowest BCUT2D eigenvalue weighted by atomic mass is 10.2. The van der Waals surface area contributed by atoms with Crippen LogP contribution in [0.4, 0.5) is 9.18 Å². The van der Waals surface area contributed by atoms with E-state index in [4.69, 9.17) is 9.84 Å². The Morgan fingerprint density at radius 2 is 2.00 bits per heavy atom. The number of nitrogens with zero attached hydrogens (tertiary/aromatic N) is 2. The molecular weight excluding hydrogens is 345 g/mol. The molecular formula is C17H14FN3O3S. The maximum atomic E-state index is 13.1. The van der Waals surface area contributed by atoms with Crippen LogP contribution < -0.4 is 10.1 Å². The highest BCUT2D eigenvalue weighted by Crippen LogP contribution is 2.25. The van der Waals surface area contributed by atoms with Gasteiger partial charge < -0.3 is 15.2 Å². The Morgan fingerprint density at radius 1 is 1.20 bits per heavy atom. The molecule has 1 amide bonds. The smallest absolute Gasteiger partial charge is 0.405 e. The predicted octanol–water partition coefficient (Wildman–Crippen LogP) is 3.69. The van der Waals surface area contributed by atoms with Gasteiger partial charge in [0.1, 0.15) is 28.2 Å². The number of rotatable bonds is 6. The van der Waals surface area contributed by atoms with Gasteiger partial charge in [-0.3, -0.25) is 0 Å². The van der Waals surface area contributed by atoms with E-state index in [2.05, 4.69) is 15.5 Å². The van der Waals surface area contributed by atoms with Gasteiger partial charge in [-0.15, -0.1) is 10.2 Å². The summed E-state index contributed by atoms with van der Waals surface area (Å²) in [6, 6.07) is 13.5. The highest BCUT2D eigenvalue weighted by Gasteiger charge is 2.08. The van der Waals surface area contributed by atoms with Crippen LogP contribution in [0.1, 0.15) is 10.6 Å². The van der Waals surface area contributed by atoms with Gasteiger partial charge >= 0.3 is 6.09 Å². The number of hydrogen-bond acceptors (Lipinski definition) is 5. The molecule has 0 atom stereocenters. The molecule has 0 unspecified atom stereocenters. The zero-order chi connectivity index (χ0) is 17.6. The van der Waals surface area contributed by atoms with E-state index in [1.165, 1.54) is 23.5 Å². The summed E-state index contributed by atoms with van der Waals surface area (Å²) in [4.78, 5) is 10.5. The van der Waals surface area contributed by atoms with Crippen LogP contribution in [0.2, 0.25) is 0 Å². The van der Waals surface area contributed by atoms with E-state index in [0.717, 1.165) is 11.1 Å². The lowest BCUT2D eigenvalue weighted by Crippen LogP contribution is -2.19. The summed E-state index contributed by atoms with van der Waals surface area (Å²) in [5.41, 5.74) is 1.61. The number of ether oxygens (including phenoxy) is 1. The second-order valence-electron chi connectivity index (χ2n) is 5.10. The summed E-state index contributed by atoms with van der Waals surface area (Å²) in [7, 11) is 0. The van der Waals surface area contributed by atoms with E-state index < -0.39 is 6.09 Å². The Balaban J connectivity index is 1.61. The number of carbonyl (C=O) groups is 1. The normalized spacial score (nSPS) is 10.4. The van der Waals surface area contributed by atoms with Crippen LogP contribution in [-0.2, 0) is 13.2 Å². The molecule has 0 saturated carbocycles. The number of nitrogens with one attached hydrogen (secondary N) is 1. The Bertz CT molecular complexity index is 868. The average molecular weight is 359 g/mol. The molecule has 3 rings (SSSR count). The molecule has 25 heavy (non-hydrogen) atoms. The van der Waals surface area contributed by atoms with Crippen molar-refractivity contribution in [3.8, 4) is 16.3 Å². The van der Waals surface area contributed by atoms with E-state index in [-0.39, 0.29) is 19.0 Å². The number of hydrogen-bond donors (Lipinski definition) is 2. The van der Waals surface area contributed by atoms with Crippen LogP contribution in [0, 0.1) is 5.82 Å². The van der Waals surface area contributed by atoms with E-state index in [1.807, 2.05) is 12.1 Å². The Morgan fingerprint density at radius 3 is 2.72 bits per heavy atom. The quantitative estimate of drug-likeness (QED) is 0.701. The molecule has 0 aliphatic rings. The zero-order valence-corrected chi connectivity index (χ0v) is 13.8. The standard InChI is InChI=1S/C17H14FN3O3S/c18-13-3-1-2-11(8-13)10-24-14-6-4-12(5-7-14)16-21-20-15(25-16)9-19-17(22)23/h1-8,19H,9-10H2,(H,22,23). The van der Waals surface area contributed by atoms with Gasteiger partial charge in [-0.2, -0.15) is 0 Å². The molecule has 6 nitrogen and oxygen atoms in total. The Hall–Kier alpha value is -3.00. The maximum Gasteiger partial charge on any atom is 0.405 e. The summed E-state index contributed by atoms with van der Waals surface area (Å²) in [5, 5.41) is 20.1. The van der Waals surface area contributed by atoms with Crippen LogP contribution in [0.25, 0.3) is 10.6 Å². The number of amides is 1. The molecule has 1 heterocycles. The third-order valence-corrected chi connectivity index (χ3v) is 4.23. The number of halogens is 1. The fraction of sp³-hybridized carbons (Fsp3) is 0.118. The lowest BCUT2D eigenvalue weighted by Gasteiger charge is -2.06. The monoisotopic (exact) mass is 359 g/mol. The van der Waals surface area contributed by atoms with Crippen LogP contribution in [0.3, 0.4) is 0 Å². The maximum absolute atomic E-state index is 13.1. The first-order valence-corrected chi connectivity index (χ1v) is 8.18. The second-order valence-corrected chi connectivity index (χ2v) is 6.16. The van der Waals surface area contributed by atoms with Crippen molar-refractivity contribution in [1.29, 1.82) is 0 Å². The van der Waals surface area contributed by atoms with Gasteiger partial charge in [0.2, 0.25) is 0 Å². The van der Waals surface area contributed by atoms with Gasteiger partial charge in [-0.05, 0) is 42.0 Å². The van der Waals surface area contributed by atoms with E-state index in [1.54, 1.807) is 24.3 Å². The summed E-state index contributed by atoms with van der Waals surface area (Å²) >= 11 is 1.32. The first-order valence-electron chi connectivity index (χ1n) is 7.37. The minimum atomic E-state index is -1.10.